The van der Waals surface area contributed by atoms with Crippen molar-refractivity contribution in [1.82, 2.24) is 34.5 Å². The highest BCUT2D eigenvalue weighted by molar-refractivity contribution is 7.19. The van der Waals surface area contributed by atoms with Crippen LogP contribution in [0, 0.1) is 6.92 Å². The van der Waals surface area contributed by atoms with Gasteiger partial charge in [0.05, 0.1) is 11.9 Å². The third kappa shape index (κ3) is 3.94. The summed E-state index contributed by atoms with van der Waals surface area (Å²) in [7, 11) is 1.83. The first kappa shape index (κ1) is 20.9. The number of likely N-dealkylation sites (tertiary alicyclic amines) is 1. The van der Waals surface area contributed by atoms with E-state index >= 15 is 0 Å². The van der Waals surface area contributed by atoms with Gasteiger partial charge in [0.1, 0.15) is 21.6 Å². The van der Waals surface area contributed by atoms with Crippen molar-refractivity contribution in [2.75, 3.05) is 13.1 Å². The molecular weight excluding hydrogens is 426 g/mol. The number of nitrogens with zero attached hydrogens (tertiary/aromatic N) is 7. The molecular formula is C22H27N7O2S. The Morgan fingerprint density at radius 2 is 1.91 bits per heavy atom. The zero-order chi connectivity index (χ0) is 22.6. The summed E-state index contributed by atoms with van der Waals surface area (Å²) in [4.78, 5) is 21.4. The van der Waals surface area contributed by atoms with E-state index < -0.39 is 5.60 Å². The topological polar surface area (TPSA) is 90.4 Å². The molecule has 0 spiro atoms. The van der Waals surface area contributed by atoms with Crippen LogP contribution in [0.15, 0.2) is 18.3 Å². The van der Waals surface area contributed by atoms with Crippen molar-refractivity contribution in [2.45, 2.75) is 52.1 Å². The van der Waals surface area contributed by atoms with Crippen molar-refractivity contribution in [2.24, 2.45) is 7.05 Å². The van der Waals surface area contributed by atoms with Gasteiger partial charge in [-0.3, -0.25) is 0 Å². The summed E-state index contributed by atoms with van der Waals surface area (Å²) in [6.45, 7) is 9.08. The van der Waals surface area contributed by atoms with Gasteiger partial charge >= 0.3 is 6.09 Å². The van der Waals surface area contributed by atoms with Crippen LogP contribution < -0.4 is 0 Å². The van der Waals surface area contributed by atoms with Crippen molar-refractivity contribution >= 4 is 33.4 Å². The monoisotopic (exact) mass is 453 g/mol. The maximum atomic E-state index is 12.3. The standard InChI is InChI=1S/C22H27N7O2S/c1-13-10-15(11-16-18(13)25-27(5)24-16)19-26-29-12-17(23-20(29)32-19)14-6-8-28(9-7-14)21(30)31-22(2,3)4/h10-12,14H,6-9H2,1-5H3. The maximum absolute atomic E-state index is 12.3. The van der Waals surface area contributed by atoms with E-state index in [2.05, 4.69) is 16.3 Å². The molecule has 1 aliphatic rings. The number of aromatic nitrogens is 6. The quantitative estimate of drug-likeness (QED) is 0.453. The first-order chi connectivity index (χ1) is 15.2. The summed E-state index contributed by atoms with van der Waals surface area (Å²) >= 11 is 1.57. The van der Waals surface area contributed by atoms with Gasteiger partial charge in [0.15, 0.2) is 0 Å². The number of piperidine rings is 1. The molecule has 1 aromatic carbocycles. The van der Waals surface area contributed by atoms with E-state index in [1.165, 1.54) is 0 Å². The predicted octanol–water partition coefficient (Wildman–Crippen LogP) is 4.16. The second kappa shape index (κ2) is 7.54. The van der Waals surface area contributed by atoms with Gasteiger partial charge in [0, 0.05) is 31.6 Å². The number of benzene rings is 1. The molecule has 168 valence electrons. The van der Waals surface area contributed by atoms with Crippen LogP contribution in [0.25, 0.3) is 26.6 Å². The molecule has 0 unspecified atom stereocenters. The summed E-state index contributed by atoms with van der Waals surface area (Å²) in [5.74, 6) is 0.323. The number of aryl methyl sites for hydroxylation is 2. The molecule has 32 heavy (non-hydrogen) atoms. The molecule has 4 heterocycles. The Labute approximate surface area is 190 Å². The highest BCUT2D eigenvalue weighted by atomic mass is 32.1. The summed E-state index contributed by atoms with van der Waals surface area (Å²) in [6.07, 6.45) is 3.54. The molecule has 0 aliphatic carbocycles. The number of hydrogen-bond donors (Lipinski definition) is 0. The normalized spacial score (nSPS) is 15.7. The first-order valence-corrected chi connectivity index (χ1v) is 11.6. The first-order valence-electron chi connectivity index (χ1n) is 10.8. The lowest BCUT2D eigenvalue weighted by atomic mass is 9.94. The van der Waals surface area contributed by atoms with Gasteiger partial charge in [0.25, 0.3) is 0 Å². The van der Waals surface area contributed by atoms with Crippen LogP contribution in [0.2, 0.25) is 0 Å². The Kier molecular flexibility index (Phi) is 4.92. The molecule has 3 aromatic heterocycles. The minimum absolute atomic E-state index is 0.233. The van der Waals surface area contributed by atoms with E-state index in [0.29, 0.717) is 19.0 Å². The number of imidazole rings is 1. The molecule has 1 saturated heterocycles. The average molecular weight is 454 g/mol. The number of amides is 1. The lowest BCUT2D eigenvalue weighted by molar-refractivity contribution is 0.0204. The van der Waals surface area contributed by atoms with Crippen molar-refractivity contribution < 1.29 is 9.53 Å². The number of rotatable bonds is 2. The summed E-state index contributed by atoms with van der Waals surface area (Å²) in [5, 5.41) is 14.5. The molecule has 4 aromatic rings. The Morgan fingerprint density at radius 1 is 1.16 bits per heavy atom. The van der Waals surface area contributed by atoms with E-state index in [-0.39, 0.29) is 6.09 Å². The number of ether oxygens (including phenoxy) is 1. The number of carbonyl (C=O) groups is 1. The average Bonchev–Trinajstić information content (AvgIpc) is 3.39. The van der Waals surface area contributed by atoms with Gasteiger partial charge in [-0.1, -0.05) is 11.3 Å². The summed E-state index contributed by atoms with van der Waals surface area (Å²) in [6, 6.07) is 4.13. The van der Waals surface area contributed by atoms with Crippen LogP contribution in [0.4, 0.5) is 4.79 Å². The van der Waals surface area contributed by atoms with Gasteiger partial charge in [-0.2, -0.15) is 20.1 Å². The Morgan fingerprint density at radius 3 is 2.59 bits per heavy atom. The lowest BCUT2D eigenvalue weighted by Gasteiger charge is -2.32. The highest BCUT2D eigenvalue weighted by Crippen LogP contribution is 2.32. The van der Waals surface area contributed by atoms with Gasteiger partial charge in [-0.15, -0.1) is 0 Å². The summed E-state index contributed by atoms with van der Waals surface area (Å²) < 4.78 is 7.36. The molecule has 0 atom stereocenters. The van der Waals surface area contributed by atoms with E-state index in [1.807, 2.05) is 51.5 Å². The SMILES string of the molecule is Cc1cc(-c2nn3cc(C4CCN(C(=O)OC(C)(C)C)CC4)nc3s2)cc2nn(C)nc12. The van der Waals surface area contributed by atoms with Crippen molar-refractivity contribution in [3.8, 4) is 10.6 Å². The minimum atomic E-state index is -0.471. The van der Waals surface area contributed by atoms with E-state index in [9.17, 15) is 4.79 Å². The number of fused-ring (bicyclic) bond motifs is 2. The molecule has 0 radical (unpaired) electrons. The minimum Gasteiger partial charge on any atom is -0.444 e. The molecule has 0 N–H and O–H groups in total. The lowest BCUT2D eigenvalue weighted by Crippen LogP contribution is -2.41. The fraction of sp³-hybridized carbons (Fsp3) is 0.500. The molecule has 5 rings (SSSR count). The van der Waals surface area contributed by atoms with Crippen LogP contribution in [-0.4, -0.2) is 59.3 Å². The van der Waals surface area contributed by atoms with Gasteiger partial charge in [-0.25, -0.2) is 14.3 Å². The van der Waals surface area contributed by atoms with Gasteiger partial charge < -0.3 is 9.64 Å². The maximum Gasteiger partial charge on any atom is 0.410 e. The van der Waals surface area contributed by atoms with E-state index in [0.717, 1.165) is 50.7 Å². The van der Waals surface area contributed by atoms with Gasteiger partial charge in [0.2, 0.25) is 4.96 Å². The van der Waals surface area contributed by atoms with Crippen LogP contribution in [-0.2, 0) is 11.8 Å². The molecule has 0 bridgehead atoms. The van der Waals surface area contributed by atoms with Crippen LogP contribution in [0.5, 0.6) is 0 Å². The number of carbonyl (C=O) groups excluding carboxylic acids is 1. The smallest absolute Gasteiger partial charge is 0.410 e. The molecule has 1 aliphatic heterocycles. The second-order valence-corrected chi connectivity index (χ2v) is 10.3. The summed E-state index contributed by atoms with van der Waals surface area (Å²) in [5.41, 5.74) is 4.46. The fourth-order valence-electron chi connectivity index (χ4n) is 4.13. The predicted molar refractivity (Wildman–Crippen MR) is 123 cm³/mol. The number of hydrogen-bond acceptors (Lipinski definition) is 7. The van der Waals surface area contributed by atoms with E-state index in [1.54, 1.807) is 21.0 Å². The zero-order valence-corrected chi connectivity index (χ0v) is 19.8. The highest BCUT2D eigenvalue weighted by Gasteiger charge is 2.29. The van der Waals surface area contributed by atoms with Gasteiger partial charge in [-0.05, 0) is 58.2 Å². The van der Waals surface area contributed by atoms with Crippen LogP contribution in [0.3, 0.4) is 0 Å². The van der Waals surface area contributed by atoms with Crippen LogP contribution in [0.1, 0.15) is 50.8 Å². The molecule has 9 nitrogen and oxygen atoms in total. The van der Waals surface area contributed by atoms with Crippen LogP contribution >= 0.6 is 11.3 Å². The Bertz CT molecular complexity index is 1270. The Balaban J connectivity index is 1.31. The van der Waals surface area contributed by atoms with Crippen molar-refractivity contribution in [3.05, 3.63) is 29.6 Å². The molecule has 1 amide bonds. The third-order valence-corrected chi connectivity index (χ3v) is 6.62. The molecule has 10 heteroatoms. The zero-order valence-electron chi connectivity index (χ0n) is 19.0. The fourth-order valence-corrected chi connectivity index (χ4v) is 5.00. The molecule has 1 fully saturated rings. The second-order valence-electron chi connectivity index (χ2n) is 9.39. The Hall–Kier alpha value is -3.01. The largest absolute Gasteiger partial charge is 0.444 e. The third-order valence-electron chi connectivity index (χ3n) is 5.65. The van der Waals surface area contributed by atoms with Crippen molar-refractivity contribution in [3.63, 3.8) is 0 Å². The molecule has 0 saturated carbocycles. The van der Waals surface area contributed by atoms with Crippen molar-refractivity contribution in [1.29, 1.82) is 0 Å². The van der Waals surface area contributed by atoms with E-state index in [4.69, 9.17) is 14.8 Å².